The number of halogens is 2. The van der Waals surface area contributed by atoms with Gasteiger partial charge in [-0.15, -0.1) is 0 Å². The number of hydrogen-bond donors (Lipinski definition) is 2. The van der Waals surface area contributed by atoms with Gasteiger partial charge in [-0.2, -0.15) is 0 Å². The average Bonchev–Trinajstić information content (AvgIpc) is 2.45. The van der Waals surface area contributed by atoms with Gasteiger partial charge in [0.1, 0.15) is 17.4 Å². The summed E-state index contributed by atoms with van der Waals surface area (Å²) in [5.41, 5.74) is 5.56. The van der Waals surface area contributed by atoms with Gasteiger partial charge in [-0.3, -0.25) is 5.84 Å². The predicted molar refractivity (Wildman–Crippen MR) is 78.0 cm³/mol. The SMILES string of the molecule is COc1c(C(NN)c2ccc(F)cc2F)ccc(C)c1C. The third-order valence-corrected chi connectivity index (χ3v) is 3.66. The van der Waals surface area contributed by atoms with Crippen LogP contribution in [0.2, 0.25) is 0 Å². The maximum atomic E-state index is 14.0. The molecule has 0 saturated heterocycles. The van der Waals surface area contributed by atoms with Crippen molar-refractivity contribution in [3.05, 3.63) is 64.2 Å². The summed E-state index contributed by atoms with van der Waals surface area (Å²) in [6.45, 7) is 3.89. The second kappa shape index (κ2) is 6.20. The molecule has 2 rings (SSSR count). The molecule has 3 nitrogen and oxygen atoms in total. The Morgan fingerprint density at radius 1 is 1.10 bits per heavy atom. The molecule has 0 radical (unpaired) electrons. The van der Waals surface area contributed by atoms with E-state index in [1.54, 1.807) is 7.11 Å². The summed E-state index contributed by atoms with van der Waals surface area (Å²) < 4.78 is 32.5. The van der Waals surface area contributed by atoms with Crippen LogP contribution in [0, 0.1) is 25.5 Å². The van der Waals surface area contributed by atoms with Gasteiger partial charge in [-0.05, 0) is 31.0 Å². The summed E-state index contributed by atoms with van der Waals surface area (Å²) in [5, 5.41) is 0. The van der Waals surface area contributed by atoms with Crippen LogP contribution in [0.5, 0.6) is 5.75 Å². The summed E-state index contributed by atoms with van der Waals surface area (Å²) in [4.78, 5) is 0. The summed E-state index contributed by atoms with van der Waals surface area (Å²) >= 11 is 0. The number of rotatable bonds is 4. The van der Waals surface area contributed by atoms with Gasteiger partial charge >= 0.3 is 0 Å². The first-order chi connectivity index (χ1) is 9.99. The molecule has 3 N–H and O–H groups in total. The fraction of sp³-hybridized carbons (Fsp3) is 0.250. The summed E-state index contributed by atoms with van der Waals surface area (Å²) in [6, 6.07) is 6.54. The zero-order valence-electron chi connectivity index (χ0n) is 12.2. The molecule has 0 aromatic heterocycles. The quantitative estimate of drug-likeness (QED) is 0.672. The van der Waals surface area contributed by atoms with E-state index in [0.29, 0.717) is 11.3 Å². The zero-order valence-corrected chi connectivity index (χ0v) is 12.2. The third-order valence-electron chi connectivity index (χ3n) is 3.66. The number of hydrogen-bond acceptors (Lipinski definition) is 3. The van der Waals surface area contributed by atoms with Gasteiger partial charge in [0.15, 0.2) is 0 Å². The second-order valence-corrected chi connectivity index (χ2v) is 4.90. The molecule has 5 heteroatoms. The Bertz CT molecular complexity index is 659. The Balaban J connectivity index is 2.59. The number of ether oxygens (including phenoxy) is 1. The lowest BCUT2D eigenvalue weighted by Crippen LogP contribution is -2.30. The van der Waals surface area contributed by atoms with Crippen molar-refractivity contribution < 1.29 is 13.5 Å². The normalized spacial score (nSPS) is 12.3. The maximum absolute atomic E-state index is 14.0. The molecule has 0 aliphatic rings. The standard InChI is InChI=1S/C16H18F2N2O/c1-9-4-6-13(16(21-3)10(9)2)15(20-19)12-7-5-11(17)8-14(12)18/h4-8,15,20H,19H2,1-3H3. The largest absolute Gasteiger partial charge is 0.496 e. The lowest BCUT2D eigenvalue weighted by Gasteiger charge is -2.22. The van der Waals surface area contributed by atoms with Gasteiger partial charge in [0.25, 0.3) is 0 Å². The molecule has 0 fully saturated rings. The molecule has 0 amide bonds. The minimum atomic E-state index is -0.654. The molecular formula is C16H18F2N2O. The highest BCUT2D eigenvalue weighted by atomic mass is 19.1. The molecule has 0 saturated carbocycles. The highest BCUT2D eigenvalue weighted by Crippen LogP contribution is 2.34. The topological polar surface area (TPSA) is 47.3 Å². The third kappa shape index (κ3) is 2.89. The fourth-order valence-corrected chi connectivity index (χ4v) is 2.39. The molecule has 1 atom stereocenters. The Hall–Kier alpha value is -1.98. The van der Waals surface area contributed by atoms with Crippen LogP contribution in [0.1, 0.15) is 28.3 Å². The summed E-state index contributed by atoms with van der Waals surface area (Å²) in [5.74, 6) is 4.95. The Morgan fingerprint density at radius 3 is 2.33 bits per heavy atom. The summed E-state index contributed by atoms with van der Waals surface area (Å²) in [6.07, 6.45) is 0. The molecule has 2 aromatic carbocycles. The Labute approximate surface area is 122 Å². The summed E-state index contributed by atoms with van der Waals surface area (Å²) in [7, 11) is 1.56. The molecule has 0 aliphatic heterocycles. The number of nitrogens with two attached hydrogens (primary N) is 1. The van der Waals surface area contributed by atoms with Gasteiger partial charge in [-0.1, -0.05) is 18.2 Å². The smallest absolute Gasteiger partial charge is 0.131 e. The second-order valence-electron chi connectivity index (χ2n) is 4.90. The predicted octanol–water partition coefficient (Wildman–Crippen LogP) is 3.14. The minimum absolute atomic E-state index is 0.264. The number of benzene rings is 2. The van der Waals surface area contributed by atoms with E-state index in [4.69, 9.17) is 10.6 Å². The highest BCUT2D eigenvalue weighted by Gasteiger charge is 2.22. The van der Waals surface area contributed by atoms with Gasteiger partial charge in [-0.25, -0.2) is 14.2 Å². The van der Waals surface area contributed by atoms with Gasteiger partial charge in [0.05, 0.1) is 13.2 Å². The molecule has 2 aromatic rings. The first-order valence-corrected chi connectivity index (χ1v) is 6.54. The van der Waals surface area contributed by atoms with Crippen LogP contribution < -0.4 is 16.0 Å². The van der Waals surface area contributed by atoms with E-state index >= 15 is 0 Å². The lowest BCUT2D eigenvalue weighted by molar-refractivity contribution is 0.399. The lowest BCUT2D eigenvalue weighted by atomic mass is 9.94. The van der Waals surface area contributed by atoms with E-state index in [9.17, 15) is 8.78 Å². The van der Waals surface area contributed by atoms with Crippen molar-refractivity contribution in [3.8, 4) is 5.75 Å². The van der Waals surface area contributed by atoms with Crippen LogP contribution in [0.25, 0.3) is 0 Å². The molecule has 1 unspecified atom stereocenters. The monoisotopic (exact) mass is 292 g/mol. The van der Waals surface area contributed by atoms with E-state index in [1.807, 2.05) is 26.0 Å². The van der Waals surface area contributed by atoms with Crippen molar-refractivity contribution in [1.82, 2.24) is 5.43 Å². The van der Waals surface area contributed by atoms with Crippen LogP contribution in [-0.4, -0.2) is 7.11 Å². The van der Waals surface area contributed by atoms with Crippen molar-refractivity contribution in [2.45, 2.75) is 19.9 Å². The van der Waals surface area contributed by atoms with Crippen LogP contribution in [0.4, 0.5) is 8.78 Å². The number of methoxy groups -OCH3 is 1. The molecule has 21 heavy (non-hydrogen) atoms. The van der Waals surface area contributed by atoms with Gasteiger partial charge in [0, 0.05) is 17.2 Å². The van der Waals surface area contributed by atoms with Crippen LogP contribution in [-0.2, 0) is 0 Å². The first-order valence-electron chi connectivity index (χ1n) is 6.54. The number of aryl methyl sites for hydroxylation is 1. The van der Waals surface area contributed by atoms with E-state index in [0.717, 1.165) is 17.2 Å². The minimum Gasteiger partial charge on any atom is -0.496 e. The first kappa shape index (κ1) is 15.4. The van der Waals surface area contributed by atoms with Crippen molar-refractivity contribution in [2.75, 3.05) is 7.11 Å². The van der Waals surface area contributed by atoms with Crippen LogP contribution in [0.3, 0.4) is 0 Å². The molecule has 112 valence electrons. The zero-order chi connectivity index (χ0) is 15.6. The van der Waals surface area contributed by atoms with Crippen molar-refractivity contribution in [2.24, 2.45) is 5.84 Å². The Morgan fingerprint density at radius 2 is 1.76 bits per heavy atom. The maximum Gasteiger partial charge on any atom is 0.131 e. The van der Waals surface area contributed by atoms with Gasteiger partial charge < -0.3 is 4.74 Å². The van der Waals surface area contributed by atoms with Crippen LogP contribution in [0.15, 0.2) is 30.3 Å². The van der Waals surface area contributed by atoms with E-state index in [1.165, 1.54) is 12.1 Å². The molecule has 0 spiro atoms. The van der Waals surface area contributed by atoms with E-state index in [-0.39, 0.29) is 5.56 Å². The van der Waals surface area contributed by atoms with Crippen LogP contribution >= 0.6 is 0 Å². The van der Waals surface area contributed by atoms with Crippen molar-refractivity contribution in [3.63, 3.8) is 0 Å². The van der Waals surface area contributed by atoms with E-state index < -0.39 is 17.7 Å². The molecule has 0 bridgehead atoms. The molecule has 0 aliphatic carbocycles. The van der Waals surface area contributed by atoms with Crippen molar-refractivity contribution in [1.29, 1.82) is 0 Å². The number of nitrogens with one attached hydrogen (secondary N) is 1. The molecular weight excluding hydrogens is 274 g/mol. The fourth-order valence-electron chi connectivity index (χ4n) is 2.39. The highest BCUT2D eigenvalue weighted by molar-refractivity contribution is 5.49. The van der Waals surface area contributed by atoms with Gasteiger partial charge in [0.2, 0.25) is 0 Å². The number of hydrazine groups is 1. The van der Waals surface area contributed by atoms with Crippen molar-refractivity contribution >= 4 is 0 Å². The Kier molecular flexibility index (Phi) is 4.55. The van der Waals surface area contributed by atoms with E-state index in [2.05, 4.69) is 5.43 Å². The molecule has 0 heterocycles. The average molecular weight is 292 g/mol.